The van der Waals surface area contributed by atoms with E-state index in [9.17, 15) is 9.59 Å². The lowest BCUT2D eigenvalue weighted by molar-refractivity contribution is -0.121. The number of carbonyl (C=O) groups is 1. The van der Waals surface area contributed by atoms with E-state index in [4.69, 9.17) is 0 Å². The molecule has 0 aliphatic heterocycles. The molecule has 1 N–H and O–H groups in total. The van der Waals surface area contributed by atoms with E-state index in [0.717, 1.165) is 23.9 Å². The van der Waals surface area contributed by atoms with Crippen molar-refractivity contribution in [3.05, 3.63) is 46.4 Å². The number of pyridine rings is 1. The van der Waals surface area contributed by atoms with Gasteiger partial charge in [0, 0.05) is 17.6 Å². The second kappa shape index (κ2) is 6.37. The predicted molar refractivity (Wildman–Crippen MR) is 80.9 cm³/mol. The van der Waals surface area contributed by atoms with Crippen molar-refractivity contribution >= 4 is 16.7 Å². The lowest BCUT2D eigenvalue weighted by atomic mass is 10.1. The Bertz CT molecular complexity index is 674. The summed E-state index contributed by atoms with van der Waals surface area (Å²) in [5, 5.41) is 4.40. The molecule has 0 saturated heterocycles. The molecule has 0 unspecified atom stereocenters. The van der Waals surface area contributed by atoms with Crippen molar-refractivity contribution in [2.24, 2.45) is 0 Å². The van der Waals surface area contributed by atoms with E-state index in [1.165, 1.54) is 4.57 Å². The number of aromatic nitrogens is 1. The third kappa shape index (κ3) is 3.07. The van der Waals surface area contributed by atoms with Crippen LogP contribution in [-0.4, -0.2) is 17.0 Å². The molecule has 2 rings (SSSR count). The maximum absolute atomic E-state index is 12.4. The van der Waals surface area contributed by atoms with E-state index >= 15 is 0 Å². The van der Waals surface area contributed by atoms with Gasteiger partial charge in [-0.3, -0.25) is 9.59 Å². The molecular formula is C16H20N2O2. The molecular weight excluding hydrogens is 252 g/mol. The zero-order valence-electron chi connectivity index (χ0n) is 12.0. The Hall–Kier alpha value is -2.10. The van der Waals surface area contributed by atoms with Crippen molar-refractivity contribution in [3.8, 4) is 0 Å². The Labute approximate surface area is 118 Å². The molecule has 0 spiro atoms. The van der Waals surface area contributed by atoms with Gasteiger partial charge < -0.3 is 9.88 Å². The van der Waals surface area contributed by atoms with E-state index in [2.05, 4.69) is 12.2 Å². The molecule has 20 heavy (non-hydrogen) atoms. The minimum absolute atomic E-state index is 0.0826. The summed E-state index contributed by atoms with van der Waals surface area (Å²) < 4.78 is 1.53. The normalized spacial score (nSPS) is 10.7. The van der Waals surface area contributed by atoms with Crippen LogP contribution in [0.5, 0.6) is 0 Å². The van der Waals surface area contributed by atoms with E-state index in [-0.39, 0.29) is 18.0 Å². The summed E-state index contributed by atoms with van der Waals surface area (Å²) in [7, 11) is 0. The van der Waals surface area contributed by atoms with Gasteiger partial charge in [0.15, 0.2) is 0 Å². The van der Waals surface area contributed by atoms with Crippen LogP contribution < -0.4 is 10.9 Å². The first kappa shape index (κ1) is 14.3. The standard InChI is InChI=1S/C16H20N2O2/c1-3-4-9-17-15(19)11-18-12(2)10-13-7-5-6-8-14(13)16(18)20/h5-8,10H,3-4,9,11H2,1-2H3,(H,17,19). The van der Waals surface area contributed by atoms with Gasteiger partial charge in [-0.2, -0.15) is 0 Å². The first-order chi connectivity index (χ1) is 9.63. The molecule has 4 heteroatoms. The molecule has 0 atom stereocenters. The number of rotatable bonds is 5. The molecule has 0 aliphatic rings. The quantitative estimate of drug-likeness (QED) is 0.849. The number of benzene rings is 1. The fraction of sp³-hybridized carbons (Fsp3) is 0.375. The van der Waals surface area contributed by atoms with Crippen LogP contribution in [0.1, 0.15) is 25.5 Å². The molecule has 1 aromatic heterocycles. The van der Waals surface area contributed by atoms with Crippen molar-refractivity contribution in [3.63, 3.8) is 0 Å². The van der Waals surface area contributed by atoms with Crippen molar-refractivity contribution in [2.75, 3.05) is 6.54 Å². The van der Waals surface area contributed by atoms with Gasteiger partial charge in [0.2, 0.25) is 5.91 Å². The largest absolute Gasteiger partial charge is 0.355 e. The van der Waals surface area contributed by atoms with E-state index in [1.807, 2.05) is 31.2 Å². The van der Waals surface area contributed by atoms with Gasteiger partial charge in [-0.05, 0) is 30.9 Å². The zero-order chi connectivity index (χ0) is 14.5. The van der Waals surface area contributed by atoms with Gasteiger partial charge in [0.05, 0.1) is 0 Å². The summed E-state index contributed by atoms with van der Waals surface area (Å²) >= 11 is 0. The molecule has 1 aromatic carbocycles. The molecule has 0 saturated carbocycles. The van der Waals surface area contributed by atoms with Crippen LogP contribution in [0.2, 0.25) is 0 Å². The second-order valence-electron chi connectivity index (χ2n) is 4.97. The highest BCUT2D eigenvalue weighted by molar-refractivity contribution is 5.82. The Balaban J connectivity index is 2.26. The third-order valence-corrected chi connectivity index (χ3v) is 3.38. The number of aryl methyl sites for hydroxylation is 1. The molecule has 0 fully saturated rings. The van der Waals surface area contributed by atoms with Gasteiger partial charge in [0.25, 0.3) is 5.56 Å². The van der Waals surface area contributed by atoms with E-state index in [0.29, 0.717) is 11.9 Å². The lowest BCUT2D eigenvalue weighted by Gasteiger charge is -2.11. The number of amides is 1. The van der Waals surface area contributed by atoms with E-state index < -0.39 is 0 Å². The van der Waals surface area contributed by atoms with Crippen molar-refractivity contribution < 1.29 is 4.79 Å². The highest BCUT2D eigenvalue weighted by Crippen LogP contribution is 2.11. The van der Waals surface area contributed by atoms with Crippen LogP contribution in [0, 0.1) is 6.92 Å². The fourth-order valence-corrected chi connectivity index (χ4v) is 2.23. The average Bonchev–Trinajstić information content (AvgIpc) is 2.44. The summed E-state index contributed by atoms with van der Waals surface area (Å²) in [4.78, 5) is 24.3. The summed E-state index contributed by atoms with van der Waals surface area (Å²) in [5.74, 6) is -0.112. The van der Waals surface area contributed by atoms with Crippen LogP contribution in [0.4, 0.5) is 0 Å². The topological polar surface area (TPSA) is 51.1 Å². The number of hydrogen-bond acceptors (Lipinski definition) is 2. The molecule has 4 nitrogen and oxygen atoms in total. The van der Waals surface area contributed by atoms with Gasteiger partial charge >= 0.3 is 0 Å². The van der Waals surface area contributed by atoms with Crippen molar-refractivity contribution in [1.29, 1.82) is 0 Å². The number of nitrogens with zero attached hydrogens (tertiary/aromatic N) is 1. The monoisotopic (exact) mass is 272 g/mol. The highest BCUT2D eigenvalue weighted by Gasteiger charge is 2.09. The molecule has 1 heterocycles. The molecule has 0 aliphatic carbocycles. The molecule has 106 valence electrons. The first-order valence-electron chi connectivity index (χ1n) is 6.99. The highest BCUT2D eigenvalue weighted by atomic mass is 16.2. The van der Waals surface area contributed by atoms with Crippen LogP contribution in [-0.2, 0) is 11.3 Å². The Morgan fingerprint density at radius 2 is 2.05 bits per heavy atom. The third-order valence-electron chi connectivity index (χ3n) is 3.38. The van der Waals surface area contributed by atoms with Gasteiger partial charge in [-0.1, -0.05) is 31.5 Å². The summed E-state index contributed by atoms with van der Waals surface area (Å²) in [6.07, 6.45) is 1.99. The molecule has 2 aromatic rings. The summed E-state index contributed by atoms with van der Waals surface area (Å²) in [5.41, 5.74) is 0.700. The maximum Gasteiger partial charge on any atom is 0.259 e. The molecule has 1 amide bonds. The summed E-state index contributed by atoms with van der Waals surface area (Å²) in [6, 6.07) is 9.39. The first-order valence-corrected chi connectivity index (χ1v) is 6.99. The number of unbranched alkanes of at least 4 members (excludes halogenated alkanes) is 1. The van der Waals surface area contributed by atoms with Gasteiger partial charge in [-0.15, -0.1) is 0 Å². The van der Waals surface area contributed by atoms with Crippen LogP contribution in [0.15, 0.2) is 35.1 Å². The number of nitrogens with one attached hydrogen (secondary N) is 1. The minimum Gasteiger partial charge on any atom is -0.355 e. The molecule has 0 bridgehead atoms. The SMILES string of the molecule is CCCCNC(=O)Cn1c(C)cc2ccccc2c1=O. The zero-order valence-corrected chi connectivity index (χ0v) is 12.0. The lowest BCUT2D eigenvalue weighted by Crippen LogP contribution is -2.33. The van der Waals surface area contributed by atoms with Crippen LogP contribution >= 0.6 is 0 Å². The van der Waals surface area contributed by atoms with Gasteiger partial charge in [0.1, 0.15) is 6.54 Å². The number of hydrogen-bond donors (Lipinski definition) is 1. The fourth-order valence-electron chi connectivity index (χ4n) is 2.23. The number of carbonyl (C=O) groups excluding carboxylic acids is 1. The van der Waals surface area contributed by atoms with Gasteiger partial charge in [-0.25, -0.2) is 0 Å². The predicted octanol–water partition coefficient (Wildman–Crippen LogP) is 2.23. The Morgan fingerprint density at radius 3 is 2.80 bits per heavy atom. The van der Waals surface area contributed by atoms with Crippen molar-refractivity contribution in [1.82, 2.24) is 9.88 Å². The number of fused-ring (bicyclic) bond motifs is 1. The minimum atomic E-state index is -0.112. The van der Waals surface area contributed by atoms with Crippen molar-refractivity contribution in [2.45, 2.75) is 33.2 Å². The second-order valence-corrected chi connectivity index (χ2v) is 4.97. The van der Waals surface area contributed by atoms with E-state index in [1.54, 1.807) is 6.07 Å². The Morgan fingerprint density at radius 1 is 1.30 bits per heavy atom. The average molecular weight is 272 g/mol. The smallest absolute Gasteiger partial charge is 0.259 e. The Kier molecular flexibility index (Phi) is 4.56. The maximum atomic E-state index is 12.4. The molecule has 0 radical (unpaired) electrons. The van der Waals surface area contributed by atoms with Crippen LogP contribution in [0.25, 0.3) is 10.8 Å². The van der Waals surface area contributed by atoms with Crippen LogP contribution in [0.3, 0.4) is 0 Å². The summed E-state index contributed by atoms with van der Waals surface area (Å²) in [6.45, 7) is 4.67.